The van der Waals surface area contributed by atoms with Gasteiger partial charge >= 0.3 is 0 Å². The fraction of sp³-hybridized carbons (Fsp3) is 0. The molecule has 294 valence electrons. The maximum absolute atomic E-state index is 7.10. The zero-order chi connectivity index (χ0) is 41.4. The predicted octanol–water partition coefficient (Wildman–Crippen LogP) is 16.9. The molecular formula is C60H37NO2. The van der Waals surface area contributed by atoms with E-state index in [1.165, 1.54) is 33.0 Å². The van der Waals surface area contributed by atoms with E-state index in [1.54, 1.807) is 0 Å². The monoisotopic (exact) mass is 803 g/mol. The van der Waals surface area contributed by atoms with Gasteiger partial charge in [0.05, 0.1) is 16.7 Å². The van der Waals surface area contributed by atoms with Crippen LogP contribution < -0.4 is 0 Å². The molecule has 0 aliphatic carbocycles. The Labute approximate surface area is 363 Å². The summed E-state index contributed by atoms with van der Waals surface area (Å²) in [5.74, 6) is 0. The molecule has 0 aliphatic rings. The van der Waals surface area contributed by atoms with Gasteiger partial charge in [0.25, 0.3) is 0 Å². The number of para-hydroxylation sites is 5. The highest BCUT2D eigenvalue weighted by Gasteiger charge is 2.22. The Morgan fingerprint density at radius 3 is 1.25 bits per heavy atom. The minimum atomic E-state index is 0.848. The topological polar surface area (TPSA) is 31.2 Å². The van der Waals surface area contributed by atoms with Crippen molar-refractivity contribution in [2.75, 3.05) is 0 Å². The lowest BCUT2D eigenvalue weighted by Crippen LogP contribution is -1.98. The smallest absolute Gasteiger partial charge is 0.143 e. The maximum Gasteiger partial charge on any atom is 0.143 e. The van der Waals surface area contributed by atoms with Crippen LogP contribution in [-0.2, 0) is 0 Å². The van der Waals surface area contributed by atoms with Crippen LogP contribution in [0, 0.1) is 0 Å². The first-order valence-corrected chi connectivity index (χ1v) is 21.5. The largest absolute Gasteiger partial charge is 0.455 e. The van der Waals surface area contributed by atoms with Crippen molar-refractivity contribution in [3.05, 3.63) is 224 Å². The molecule has 10 aromatic carbocycles. The van der Waals surface area contributed by atoms with E-state index in [-0.39, 0.29) is 0 Å². The van der Waals surface area contributed by atoms with Crippen LogP contribution in [0.25, 0.3) is 127 Å². The van der Waals surface area contributed by atoms with Crippen LogP contribution in [0.2, 0.25) is 0 Å². The molecule has 0 spiro atoms. The Bertz CT molecular complexity index is 3810. The lowest BCUT2D eigenvalue weighted by Gasteiger charge is -2.17. The van der Waals surface area contributed by atoms with Gasteiger partial charge in [-0.3, -0.25) is 0 Å². The molecule has 0 unspecified atom stereocenters. The van der Waals surface area contributed by atoms with Gasteiger partial charge in [0.15, 0.2) is 0 Å². The average molecular weight is 804 g/mol. The second-order valence-electron chi connectivity index (χ2n) is 16.3. The molecule has 0 aliphatic heterocycles. The highest BCUT2D eigenvalue weighted by Crippen LogP contribution is 2.46. The van der Waals surface area contributed by atoms with Crippen molar-refractivity contribution in [2.45, 2.75) is 0 Å². The molecule has 3 aromatic heterocycles. The molecule has 0 saturated heterocycles. The molecule has 13 rings (SSSR count). The number of aromatic nitrogens is 1. The summed E-state index contributed by atoms with van der Waals surface area (Å²) in [4.78, 5) is 0. The van der Waals surface area contributed by atoms with Crippen LogP contribution in [0.5, 0.6) is 0 Å². The van der Waals surface area contributed by atoms with Crippen LogP contribution in [0.15, 0.2) is 233 Å². The summed E-state index contributed by atoms with van der Waals surface area (Å²) < 4.78 is 16.1. The SMILES string of the molecule is c1ccc(-c2ccc3c(c2)c2cc(-c4ccccc4)ccc2n3-c2ccccc2-c2ccccc2-c2cccc3c2oc2c(-c4cccc5c4oc4ccccc45)cccc23)cc1. The summed E-state index contributed by atoms with van der Waals surface area (Å²) in [6.45, 7) is 0. The molecule has 0 N–H and O–H groups in total. The van der Waals surface area contributed by atoms with E-state index in [2.05, 4.69) is 217 Å². The van der Waals surface area contributed by atoms with E-state index in [4.69, 9.17) is 8.83 Å². The summed E-state index contributed by atoms with van der Waals surface area (Å²) in [6, 6.07) is 80.3. The third-order valence-corrected chi connectivity index (χ3v) is 12.9. The van der Waals surface area contributed by atoms with Crippen LogP contribution in [0.3, 0.4) is 0 Å². The first kappa shape index (κ1) is 35.4. The lowest BCUT2D eigenvalue weighted by atomic mass is 9.92. The molecule has 3 nitrogen and oxygen atoms in total. The fourth-order valence-electron chi connectivity index (χ4n) is 9.96. The molecule has 3 heterocycles. The number of furan rings is 2. The number of benzene rings is 10. The minimum Gasteiger partial charge on any atom is -0.455 e. The van der Waals surface area contributed by atoms with Gasteiger partial charge in [-0.25, -0.2) is 0 Å². The Balaban J connectivity index is 1.01. The van der Waals surface area contributed by atoms with E-state index < -0.39 is 0 Å². The number of nitrogens with zero attached hydrogens (tertiary/aromatic N) is 1. The Morgan fingerprint density at radius 2 is 0.667 bits per heavy atom. The van der Waals surface area contributed by atoms with Crippen molar-refractivity contribution in [1.82, 2.24) is 4.57 Å². The molecule has 13 aromatic rings. The van der Waals surface area contributed by atoms with E-state index in [1.807, 2.05) is 12.1 Å². The third-order valence-electron chi connectivity index (χ3n) is 12.9. The van der Waals surface area contributed by atoms with E-state index in [9.17, 15) is 0 Å². The normalized spacial score (nSPS) is 11.8. The molecule has 0 radical (unpaired) electrons. The molecular weight excluding hydrogens is 767 g/mol. The zero-order valence-electron chi connectivity index (χ0n) is 34.1. The van der Waals surface area contributed by atoms with Crippen LogP contribution in [0.4, 0.5) is 0 Å². The van der Waals surface area contributed by atoms with Crippen molar-refractivity contribution in [2.24, 2.45) is 0 Å². The predicted molar refractivity (Wildman–Crippen MR) is 263 cm³/mol. The summed E-state index contributed by atoms with van der Waals surface area (Å²) >= 11 is 0. The van der Waals surface area contributed by atoms with Gasteiger partial charge in [0.1, 0.15) is 22.3 Å². The first-order chi connectivity index (χ1) is 31.3. The second-order valence-corrected chi connectivity index (χ2v) is 16.3. The van der Waals surface area contributed by atoms with E-state index in [0.29, 0.717) is 0 Å². The van der Waals surface area contributed by atoms with Gasteiger partial charge in [0.2, 0.25) is 0 Å². The molecule has 0 atom stereocenters. The van der Waals surface area contributed by atoms with Gasteiger partial charge in [0, 0.05) is 54.6 Å². The van der Waals surface area contributed by atoms with Crippen LogP contribution in [0.1, 0.15) is 0 Å². The maximum atomic E-state index is 7.10. The average Bonchev–Trinajstić information content (AvgIpc) is 4.04. The molecule has 0 fully saturated rings. The number of fused-ring (bicyclic) bond motifs is 9. The van der Waals surface area contributed by atoms with Crippen LogP contribution in [-0.4, -0.2) is 4.57 Å². The summed E-state index contributed by atoms with van der Waals surface area (Å²) in [5.41, 5.74) is 18.1. The van der Waals surface area contributed by atoms with E-state index in [0.717, 1.165) is 94.0 Å². The van der Waals surface area contributed by atoms with Crippen molar-refractivity contribution < 1.29 is 8.83 Å². The Morgan fingerprint density at radius 1 is 0.254 bits per heavy atom. The van der Waals surface area contributed by atoms with Gasteiger partial charge in [-0.1, -0.05) is 188 Å². The zero-order valence-corrected chi connectivity index (χ0v) is 34.1. The van der Waals surface area contributed by atoms with Gasteiger partial charge in [-0.05, 0) is 69.8 Å². The molecule has 3 heteroatoms. The second kappa shape index (κ2) is 14.1. The quantitative estimate of drug-likeness (QED) is 0.168. The Hall–Kier alpha value is -8.40. The number of rotatable bonds is 6. The third kappa shape index (κ3) is 5.53. The number of hydrogen-bond donors (Lipinski definition) is 0. The fourth-order valence-corrected chi connectivity index (χ4v) is 9.96. The number of hydrogen-bond acceptors (Lipinski definition) is 2. The molecule has 0 bridgehead atoms. The molecule has 63 heavy (non-hydrogen) atoms. The molecule has 0 amide bonds. The van der Waals surface area contributed by atoms with Crippen molar-refractivity contribution in [3.8, 4) is 61.3 Å². The minimum absolute atomic E-state index is 0.848. The van der Waals surface area contributed by atoms with Crippen molar-refractivity contribution in [3.63, 3.8) is 0 Å². The van der Waals surface area contributed by atoms with Gasteiger partial charge in [-0.2, -0.15) is 0 Å². The summed E-state index contributed by atoms with van der Waals surface area (Å²) in [6.07, 6.45) is 0. The lowest BCUT2D eigenvalue weighted by molar-refractivity contribution is 0.665. The van der Waals surface area contributed by atoms with Gasteiger partial charge < -0.3 is 13.4 Å². The van der Waals surface area contributed by atoms with Crippen molar-refractivity contribution >= 4 is 65.7 Å². The standard InChI is InChI=1S/C60H37NO2/c1-3-16-38(17-4-1)40-32-34-55-52(36-40)53-37-41(39-18-5-2-6-19-39)33-35-56(53)61(55)54-30-11-9-22-44(54)42-20-7-8-21-43(42)46-24-13-27-50-51-29-15-28-49(60(51)63-59(46)50)48-26-14-25-47-45-23-10-12-31-57(45)62-58(47)48/h1-37H. The first-order valence-electron chi connectivity index (χ1n) is 21.5. The van der Waals surface area contributed by atoms with E-state index >= 15 is 0 Å². The van der Waals surface area contributed by atoms with Crippen molar-refractivity contribution in [1.29, 1.82) is 0 Å². The summed E-state index contributed by atoms with van der Waals surface area (Å²) in [5, 5.41) is 6.79. The van der Waals surface area contributed by atoms with Gasteiger partial charge in [-0.15, -0.1) is 0 Å². The molecule has 0 saturated carbocycles. The highest BCUT2D eigenvalue weighted by molar-refractivity contribution is 6.17. The van der Waals surface area contributed by atoms with Crippen LogP contribution >= 0.6 is 0 Å². The Kier molecular flexibility index (Phi) is 7.91. The highest BCUT2D eigenvalue weighted by atomic mass is 16.3. The summed E-state index contributed by atoms with van der Waals surface area (Å²) in [7, 11) is 0.